The number of alkyl halides is 1. The van der Waals surface area contributed by atoms with Crippen LogP contribution in [0, 0.1) is 16.2 Å². The molecule has 0 aromatic carbocycles. The number of ketones is 1. The van der Waals surface area contributed by atoms with Crippen molar-refractivity contribution in [1.82, 2.24) is 4.98 Å². The molecular weight excluding hydrogens is 332 g/mol. The minimum Gasteiger partial charge on any atom is -0.310 e. The number of carbonyl (C=O) groups excluding carboxylic acids is 2. The fourth-order valence-corrected chi connectivity index (χ4v) is 5.63. The third kappa shape index (κ3) is 1.58. The lowest BCUT2D eigenvalue weighted by molar-refractivity contribution is -0.130. The number of nitrogens with one attached hydrogen (secondary N) is 1. The van der Waals surface area contributed by atoms with Crippen LogP contribution in [0.15, 0.2) is 24.4 Å². The average molecular weight is 351 g/mol. The number of fused-ring (bicyclic) bond motifs is 2. The summed E-state index contributed by atoms with van der Waals surface area (Å²) in [5.74, 6) is 0.567. The van der Waals surface area contributed by atoms with Crippen molar-refractivity contribution in [3.05, 3.63) is 24.4 Å². The Morgan fingerprint density at radius 3 is 2.57 bits per heavy atom. The van der Waals surface area contributed by atoms with E-state index in [9.17, 15) is 9.59 Å². The zero-order valence-electron chi connectivity index (χ0n) is 12.4. The van der Waals surface area contributed by atoms with Gasteiger partial charge < -0.3 is 5.32 Å². The Balaban J connectivity index is 2.00. The summed E-state index contributed by atoms with van der Waals surface area (Å²) in [6, 6.07) is 5.39. The van der Waals surface area contributed by atoms with E-state index < -0.39 is 15.7 Å². The van der Waals surface area contributed by atoms with Gasteiger partial charge in [-0.2, -0.15) is 0 Å². The highest BCUT2D eigenvalue weighted by Gasteiger charge is 2.76. The van der Waals surface area contributed by atoms with Gasteiger partial charge in [-0.15, -0.1) is 0 Å². The predicted octanol–water partition coefficient (Wildman–Crippen LogP) is 3.18. The number of hydrogen-bond acceptors (Lipinski definition) is 3. The summed E-state index contributed by atoms with van der Waals surface area (Å²) >= 11 is 3.51. The summed E-state index contributed by atoms with van der Waals surface area (Å²) in [6.45, 7) is 6.07. The standard InChI is InChI=1S/C16H19BrN2O2/c1-14(2)15(3)7-8-16(14,11(17)12(15)20)13(21)19-10-6-4-5-9-18-10/h4-6,9,11H,7-8H2,1-3H3,(H,18,19,21)/t11-,15+,16+/m1/s1. The molecule has 1 N–H and O–H groups in total. The molecule has 1 aromatic heterocycles. The molecule has 1 amide bonds. The summed E-state index contributed by atoms with van der Waals surface area (Å²) in [6.07, 6.45) is 3.12. The number of anilines is 1. The number of amides is 1. The van der Waals surface area contributed by atoms with Crippen molar-refractivity contribution < 1.29 is 9.59 Å². The second-order valence-electron chi connectivity index (χ2n) is 6.82. The summed E-state index contributed by atoms with van der Waals surface area (Å²) in [5.41, 5.74) is -1.54. The summed E-state index contributed by atoms with van der Waals surface area (Å²) in [4.78, 5) is 29.3. The fourth-order valence-electron chi connectivity index (χ4n) is 4.12. The number of Topliss-reactive ketones (excluding diaryl/α,β-unsaturated/α-hetero) is 1. The maximum absolute atomic E-state index is 13.0. The van der Waals surface area contributed by atoms with Crippen molar-refractivity contribution in [1.29, 1.82) is 0 Å². The van der Waals surface area contributed by atoms with E-state index in [0.717, 1.165) is 12.8 Å². The van der Waals surface area contributed by atoms with Gasteiger partial charge in [0.15, 0.2) is 5.78 Å². The van der Waals surface area contributed by atoms with Crippen molar-refractivity contribution in [3.63, 3.8) is 0 Å². The molecular formula is C16H19BrN2O2. The van der Waals surface area contributed by atoms with Crippen LogP contribution in [0.25, 0.3) is 0 Å². The fraction of sp³-hybridized carbons (Fsp3) is 0.562. The van der Waals surface area contributed by atoms with E-state index in [1.165, 1.54) is 0 Å². The highest BCUT2D eigenvalue weighted by atomic mass is 79.9. The van der Waals surface area contributed by atoms with Crippen LogP contribution in [0.2, 0.25) is 0 Å². The smallest absolute Gasteiger partial charge is 0.233 e. The van der Waals surface area contributed by atoms with Crippen LogP contribution in [0.5, 0.6) is 0 Å². The maximum Gasteiger partial charge on any atom is 0.233 e. The molecule has 3 rings (SSSR count). The Morgan fingerprint density at radius 1 is 1.33 bits per heavy atom. The Labute approximate surface area is 132 Å². The van der Waals surface area contributed by atoms with Gasteiger partial charge in [0.05, 0.1) is 10.2 Å². The van der Waals surface area contributed by atoms with Crippen LogP contribution in [0.3, 0.4) is 0 Å². The molecule has 0 aliphatic heterocycles. The van der Waals surface area contributed by atoms with Crippen molar-refractivity contribution in [3.8, 4) is 0 Å². The second-order valence-corrected chi connectivity index (χ2v) is 7.74. The molecule has 1 heterocycles. The minimum atomic E-state index is -0.712. The molecule has 2 saturated carbocycles. The van der Waals surface area contributed by atoms with E-state index >= 15 is 0 Å². The lowest BCUT2D eigenvalue weighted by Gasteiger charge is -2.39. The summed E-state index contributed by atoms with van der Waals surface area (Å²) in [5, 5.41) is 2.89. The third-order valence-corrected chi connectivity index (χ3v) is 7.23. The Bertz CT molecular complexity index is 616. The molecule has 0 unspecified atom stereocenters. The zero-order valence-corrected chi connectivity index (χ0v) is 14.0. The van der Waals surface area contributed by atoms with E-state index in [1.54, 1.807) is 18.3 Å². The molecule has 4 nitrogen and oxygen atoms in total. The van der Waals surface area contributed by atoms with Crippen LogP contribution in [0.4, 0.5) is 5.82 Å². The quantitative estimate of drug-likeness (QED) is 0.833. The monoisotopic (exact) mass is 350 g/mol. The Kier molecular flexibility index (Phi) is 3.07. The largest absolute Gasteiger partial charge is 0.310 e. The van der Waals surface area contributed by atoms with E-state index in [2.05, 4.69) is 26.2 Å². The second kappa shape index (κ2) is 4.38. The van der Waals surface area contributed by atoms with Crippen LogP contribution in [-0.4, -0.2) is 21.5 Å². The maximum atomic E-state index is 13.0. The third-order valence-electron chi connectivity index (χ3n) is 6.03. The zero-order chi connectivity index (χ0) is 15.5. The van der Waals surface area contributed by atoms with Gasteiger partial charge in [0, 0.05) is 11.6 Å². The van der Waals surface area contributed by atoms with Crippen molar-refractivity contribution in [2.75, 3.05) is 5.32 Å². The molecule has 2 fully saturated rings. The van der Waals surface area contributed by atoms with Crippen molar-refractivity contribution in [2.24, 2.45) is 16.2 Å². The van der Waals surface area contributed by atoms with Crippen LogP contribution >= 0.6 is 15.9 Å². The van der Waals surface area contributed by atoms with Crippen LogP contribution < -0.4 is 5.32 Å². The first-order chi connectivity index (χ1) is 9.77. The first-order valence-electron chi connectivity index (χ1n) is 7.18. The van der Waals surface area contributed by atoms with Gasteiger partial charge >= 0.3 is 0 Å². The normalized spacial score (nSPS) is 36.8. The molecule has 2 aliphatic carbocycles. The molecule has 0 radical (unpaired) electrons. The molecule has 0 spiro atoms. The van der Waals surface area contributed by atoms with Gasteiger partial charge in [-0.25, -0.2) is 4.98 Å². The molecule has 1 aromatic rings. The highest BCUT2D eigenvalue weighted by Crippen LogP contribution is 2.72. The van der Waals surface area contributed by atoms with Crippen molar-refractivity contribution >= 4 is 33.4 Å². The number of rotatable bonds is 2. The number of halogens is 1. The minimum absolute atomic E-state index is 0.109. The van der Waals surface area contributed by atoms with Crippen LogP contribution in [0.1, 0.15) is 33.6 Å². The predicted molar refractivity (Wildman–Crippen MR) is 84.1 cm³/mol. The number of carbonyl (C=O) groups is 2. The highest BCUT2D eigenvalue weighted by molar-refractivity contribution is 9.10. The van der Waals surface area contributed by atoms with Gasteiger partial charge in [-0.3, -0.25) is 9.59 Å². The topological polar surface area (TPSA) is 59.1 Å². The van der Waals surface area contributed by atoms with Gasteiger partial charge in [-0.05, 0) is 30.4 Å². The first kappa shape index (κ1) is 14.7. The van der Waals surface area contributed by atoms with Crippen LogP contribution in [-0.2, 0) is 9.59 Å². The van der Waals surface area contributed by atoms with E-state index in [1.807, 2.05) is 26.8 Å². The van der Waals surface area contributed by atoms with E-state index in [4.69, 9.17) is 0 Å². The van der Waals surface area contributed by atoms with E-state index in [0.29, 0.717) is 5.82 Å². The number of nitrogens with zero attached hydrogens (tertiary/aromatic N) is 1. The van der Waals surface area contributed by atoms with Gasteiger partial charge in [0.2, 0.25) is 5.91 Å². The number of pyridine rings is 1. The SMILES string of the molecule is CC1(C)[C@@]2(C)CC[C@@]1(C(=O)Nc1ccccn1)[C@H](Br)C2=O. The molecule has 2 bridgehead atoms. The molecule has 21 heavy (non-hydrogen) atoms. The lowest BCUT2D eigenvalue weighted by Crippen LogP contribution is -2.48. The molecule has 2 aliphatic rings. The molecule has 0 saturated heterocycles. The summed E-state index contributed by atoms with van der Waals surface area (Å²) in [7, 11) is 0. The first-order valence-corrected chi connectivity index (χ1v) is 8.10. The average Bonchev–Trinajstić information content (AvgIpc) is 2.72. The van der Waals surface area contributed by atoms with Crippen molar-refractivity contribution in [2.45, 2.75) is 38.4 Å². The number of aromatic nitrogens is 1. The molecule has 112 valence electrons. The Hall–Kier alpha value is -1.23. The van der Waals surface area contributed by atoms with Gasteiger partial charge in [-0.1, -0.05) is 42.8 Å². The molecule has 3 atom stereocenters. The number of hydrogen-bond donors (Lipinski definition) is 1. The Morgan fingerprint density at radius 2 is 2.05 bits per heavy atom. The lowest BCUT2D eigenvalue weighted by atomic mass is 9.64. The molecule has 5 heteroatoms. The van der Waals surface area contributed by atoms with Gasteiger partial charge in [0.25, 0.3) is 0 Å². The summed E-state index contributed by atoms with van der Waals surface area (Å²) < 4.78 is 0. The van der Waals surface area contributed by atoms with Gasteiger partial charge in [0.1, 0.15) is 5.82 Å². The van der Waals surface area contributed by atoms with E-state index in [-0.39, 0.29) is 17.1 Å².